The van der Waals surface area contributed by atoms with Gasteiger partial charge in [0.15, 0.2) is 0 Å². The van der Waals surface area contributed by atoms with Crippen molar-refractivity contribution in [2.75, 3.05) is 37.6 Å². The zero-order chi connectivity index (χ0) is 20.9. The molecule has 1 aromatic carbocycles. The first-order valence-electron chi connectivity index (χ1n) is 11.3. The van der Waals surface area contributed by atoms with Crippen LogP contribution in [0.4, 0.5) is 5.69 Å². The second-order valence-corrected chi connectivity index (χ2v) is 8.77. The first-order chi connectivity index (χ1) is 14.6. The maximum atomic E-state index is 11.8. The monoisotopic (exact) mass is 410 g/mol. The summed E-state index contributed by atoms with van der Waals surface area (Å²) in [6.07, 6.45) is 4.26. The van der Waals surface area contributed by atoms with Crippen molar-refractivity contribution in [1.82, 2.24) is 25.0 Å². The van der Waals surface area contributed by atoms with Gasteiger partial charge >= 0.3 is 0 Å². The number of amides is 1. The molecule has 162 valence electrons. The summed E-state index contributed by atoms with van der Waals surface area (Å²) in [4.78, 5) is 16.7. The molecule has 0 unspecified atom stereocenters. The van der Waals surface area contributed by atoms with E-state index in [1.807, 2.05) is 13.8 Å². The van der Waals surface area contributed by atoms with Gasteiger partial charge < -0.3 is 14.8 Å². The first kappa shape index (κ1) is 20.8. The lowest BCUT2D eigenvalue weighted by Crippen LogP contribution is -2.30. The largest absolute Gasteiger partial charge is 0.372 e. The summed E-state index contributed by atoms with van der Waals surface area (Å²) < 4.78 is 2.25. The Bertz CT molecular complexity index is 838. The maximum Gasteiger partial charge on any atom is 0.222 e. The molecule has 4 rings (SSSR count). The lowest BCUT2D eigenvalue weighted by atomic mass is 10.2. The van der Waals surface area contributed by atoms with Crippen molar-refractivity contribution in [2.24, 2.45) is 5.92 Å². The van der Waals surface area contributed by atoms with E-state index in [1.54, 1.807) is 0 Å². The standard InChI is InChI=1S/C23H34N6O/c1-18(2)23(30)24-11-9-21-25-26-22-10-14-27(15-16-29(21)22)17-19-5-7-20(8-6-19)28-12-3-4-13-28/h5-8,18H,3-4,9-17H2,1-2H3,(H,24,30). The summed E-state index contributed by atoms with van der Waals surface area (Å²) in [6, 6.07) is 9.11. The fourth-order valence-electron chi connectivity index (χ4n) is 4.32. The maximum absolute atomic E-state index is 11.8. The Labute approximate surface area is 179 Å². The Morgan fingerprint density at radius 1 is 1.03 bits per heavy atom. The Hall–Kier alpha value is -2.41. The van der Waals surface area contributed by atoms with Crippen molar-refractivity contribution in [3.63, 3.8) is 0 Å². The van der Waals surface area contributed by atoms with Crippen LogP contribution in [0.3, 0.4) is 0 Å². The molecule has 3 heterocycles. The van der Waals surface area contributed by atoms with Crippen molar-refractivity contribution in [3.05, 3.63) is 41.5 Å². The van der Waals surface area contributed by atoms with E-state index in [2.05, 4.69) is 54.1 Å². The molecule has 1 aromatic heterocycles. The predicted octanol–water partition coefficient (Wildman–Crippen LogP) is 2.25. The Kier molecular flexibility index (Phi) is 6.67. The summed E-state index contributed by atoms with van der Waals surface area (Å²) >= 11 is 0. The number of carbonyl (C=O) groups is 1. The molecule has 7 heteroatoms. The van der Waals surface area contributed by atoms with Crippen LogP contribution >= 0.6 is 0 Å². The molecule has 0 bridgehead atoms. The van der Waals surface area contributed by atoms with E-state index in [4.69, 9.17) is 0 Å². The predicted molar refractivity (Wildman–Crippen MR) is 118 cm³/mol. The van der Waals surface area contributed by atoms with Gasteiger partial charge in [-0.1, -0.05) is 26.0 Å². The molecule has 2 aromatic rings. The van der Waals surface area contributed by atoms with Crippen LogP contribution in [0, 0.1) is 5.92 Å². The first-order valence-corrected chi connectivity index (χ1v) is 11.3. The molecule has 1 fully saturated rings. The fourth-order valence-corrected chi connectivity index (χ4v) is 4.32. The molecule has 2 aliphatic heterocycles. The number of aromatic nitrogens is 3. The van der Waals surface area contributed by atoms with E-state index < -0.39 is 0 Å². The Balaban J connectivity index is 1.30. The number of nitrogens with one attached hydrogen (secondary N) is 1. The average Bonchev–Trinajstić information content (AvgIpc) is 3.37. The second-order valence-electron chi connectivity index (χ2n) is 8.77. The summed E-state index contributed by atoms with van der Waals surface area (Å²) in [5.74, 6) is 2.14. The number of fused-ring (bicyclic) bond motifs is 1. The molecule has 30 heavy (non-hydrogen) atoms. The lowest BCUT2D eigenvalue weighted by Gasteiger charge is -2.21. The van der Waals surface area contributed by atoms with Gasteiger partial charge in [0.1, 0.15) is 11.6 Å². The number of nitrogens with zero attached hydrogens (tertiary/aromatic N) is 5. The lowest BCUT2D eigenvalue weighted by molar-refractivity contribution is -0.123. The zero-order valence-electron chi connectivity index (χ0n) is 18.3. The highest BCUT2D eigenvalue weighted by Gasteiger charge is 2.19. The van der Waals surface area contributed by atoms with E-state index in [0.29, 0.717) is 6.54 Å². The van der Waals surface area contributed by atoms with Crippen molar-refractivity contribution in [3.8, 4) is 0 Å². The molecule has 1 amide bonds. The van der Waals surface area contributed by atoms with E-state index in [1.165, 1.54) is 37.2 Å². The van der Waals surface area contributed by atoms with Gasteiger partial charge in [0.05, 0.1) is 0 Å². The van der Waals surface area contributed by atoms with Gasteiger partial charge in [-0.25, -0.2) is 0 Å². The van der Waals surface area contributed by atoms with Crippen LogP contribution in [0.5, 0.6) is 0 Å². The van der Waals surface area contributed by atoms with Crippen LogP contribution in [0.25, 0.3) is 0 Å². The van der Waals surface area contributed by atoms with E-state index in [9.17, 15) is 4.79 Å². The summed E-state index contributed by atoms with van der Waals surface area (Å²) in [5, 5.41) is 11.8. The van der Waals surface area contributed by atoms with Crippen molar-refractivity contribution < 1.29 is 4.79 Å². The number of rotatable bonds is 7. The highest BCUT2D eigenvalue weighted by atomic mass is 16.1. The normalized spacial score (nSPS) is 17.2. The number of benzene rings is 1. The molecule has 1 N–H and O–H groups in total. The average molecular weight is 411 g/mol. The summed E-state index contributed by atoms with van der Waals surface area (Å²) in [6.45, 7) is 10.7. The van der Waals surface area contributed by atoms with E-state index in [-0.39, 0.29) is 11.8 Å². The summed E-state index contributed by atoms with van der Waals surface area (Å²) in [7, 11) is 0. The van der Waals surface area contributed by atoms with Gasteiger partial charge in [0.2, 0.25) is 5.91 Å². The van der Waals surface area contributed by atoms with Crippen LogP contribution in [-0.2, 0) is 30.7 Å². The minimum atomic E-state index is 0.0125. The number of carbonyl (C=O) groups excluding carboxylic acids is 1. The van der Waals surface area contributed by atoms with Gasteiger partial charge in [-0.2, -0.15) is 0 Å². The molecular formula is C23H34N6O. The van der Waals surface area contributed by atoms with Gasteiger partial charge in [-0.15, -0.1) is 10.2 Å². The SMILES string of the molecule is CC(C)C(=O)NCCc1nnc2n1CCN(Cc1ccc(N3CCCC3)cc1)CC2. The third kappa shape index (κ3) is 5.01. The Morgan fingerprint density at radius 3 is 2.53 bits per heavy atom. The minimum Gasteiger partial charge on any atom is -0.372 e. The Morgan fingerprint density at radius 2 is 1.80 bits per heavy atom. The number of hydrogen-bond donors (Lipinski definition) is 1. The van der Waals surface area contributed by atoms with Gasteiger partial charge in [-0.05, 0) is 30.5 Å². The van der Waals surface area contributed by atoms with Crippen LogP contribution < -0.4 is 10.2 Å². The topological polar surface area (TPSA) is 66.3 Å². The smallest absolute Gasteiger partial charge is 0.222 e. The van der Waals surface area contributed by atoms with Crippen LogP contribution in [0.1, 0.15) is 43.9 Å². The molecule has 0 atom stereocenters. The molecule has 0 aliphatic carbocycles. The van der Waals surface area contributed by atoms with Crippen LogP contribution in [0.15, 0.2) is 24.3 Å². The van der Waals surface area contributed by atoms with Crippen LogP contribution in [0.2, 0.25) is 0 Å². The molecular weight excluding hydrogens is 376 g/mol. The molecule has 7 nitrogen and oxygen atoms in total. The molecule has 2 aliphatic rings. The highest BCUT2D eigenvalue weighted by molar-refractivity contribution is 5.77. The van der Waals surface area contributed by atoms with Crippen molar-refractivity contribution in [2.45, 2.75) is 52.6 Å². The van der Waals surface area contributed by atoms with Gasteiger partial charge in [-0.3, -0.25) is 9.69 Å². The quantitative estimate of drug-likeness (QED) is 0.758. The molecule has 0 spiro atoms. The number of hydrogen-bond acceptors (Lipinski definition) is 5. The molecule has 0 radical (unpaired) electrons. The summed E-state index contributed by atoms with van der Waals surface area (Å²) in [5.41, 5.74) is 2.72. The van der Waals surface area contributed by atoms with E-state index >= 15 is 0 Å². The van der Waals surface area contributed by atoms with Crippen molar-refractivity contribution in [1.29, 1.82) is 0 Å². The fraction of sp³-hybridized carbons (Fsp3) is 0.609. The number of anilines is 1. The molecule has 0 saturated carbocycles. The highest BCUT2D eigenvalue weighted by Crippen LogP contribution is 2.21. The third-order valence-corrected chi connectivity index (χ3v) is 6.18. The third-order valence-electron chi connectivity index (χ3n) is 6.18. The van der Waals surface area contributed by atoms with Crippen molar-refractivity contribution >= 4 is 11.6 Å². The van der Waals surface area contributed by atoms with Crippen LogP contribution in [-0.4, -0.2) is 58.3 Å². The van der Waals surface area contributed by atoms with Gasteiger partial charge in [0, 0.05) is 70.3 Å². The zero-order valence-corrected chi connectivity index (χ0v) is 18.3. The second kappa shape index (κ2) is 9.60. The molecule has 1 saturated heterocycles. The van der Waals surface area contributed by atoms with E-state index in [0.717, 1.165) is 50.7 Å². The van der Waals surface area contributed by atoms with Gasteiger partial charge in [0.25, 0.3) is 0 Å². The minimum absolute atomic E-state index is 0.0125.